The molecule has 1 aromatic carbocycles. The highest BCUT2D eigenvalue weighted by Gasteiger charge is 2.32. The number of ether oxygens (including phenoxy) is 2. The van der Waals surface area contributed by atoms with Gasteiger partial charge in [-0.05, 0) is 75.4 Å². The van der Waals surface area contributed by atoms with Crippen molar-refractivity contribution in [2.45, 2.75) is 97.1 Å². The van der Waals surface area contributed by atoms with E-state index in [2.05, 4.69) is 66.5 Å². The lowest BCUT2D eigenvalue weighted by Crippen LogP contribution is -2.37. The van der Waals surface area contributed by atoms with E-state index in [1.807, 2.05) is 10.9 Å². The van der Waals surface area contributed by atoms with Crippen molar-refractivity contribution >= 4 is 24.8 Å². The maximum Gasteiger partial charge on any atom is 0.318 e. The Hall–Kier alpha value is -3.04. The molecule has 0 unspecified atom stereocenters. The monoisotopic (exact) mass is 630 g/mol. The molecule has 0 bridgehead atoms. The van der Waals surface area contributed by atoms with E-state index in [4.69, 9.17) is 24.5 Å². The largest absolute Gasteiger partial charge is 0.462 e. The molecular formula is C34H50N8O2Si. The Bertz CT molecular complexity index is 1530. The van der Waals surface area contributed by atoms with Crippen LogP contribution in [0.4, 0.5) is 5.82 Å². The molecule has 2 atom stereocenters. The van der Waals surface area contributed by atoms with Crippen LogP contribution in [0, 0.1) is 24.2 Å². The Labute approximate surface area is 269 Å². The van der Waals surface area contributed by atoms with Gasteiger partial charge in [-0.25, -0.2) is 4.68 Å². The minimum Gasteiger partial charge on any atom is -0.462 e. The number of hydrogen-bond acceptors (Lipinski definition) is 9. The standard InChI is InChI=1S/C34H50N8O2Si/c1-25-10-11-32-28(18-36-42(32)24-43-16-17-45(3,4)5)29(25)20-40-21-30-31(22-40)37-34(44-23-27-9-7-14-39(27)2)38-33(30)41-15-6-8-26(19-41)12-13-35/h10-11,18,26-27H,6-9,12,14-17,19-24H2,1-5H3/t26-,27-/m0/s1. The lowest BCUT2D eigenvalue weighted by Gasteiger charge is -2.33. The van der Waals surface area contributed by atoms with Crippen molar-refractivity contribution in [3.63, 3.8) is 0 Å². The molecule has 3 aromatic rings. The van der Waals surface area contributed by atoms with Crippen LogP contribution in [0.5, 0.6) is 6.01 Å². The van der Waals surface area contributed by atoms with Crippen molar-refractivity contribution < 1.29 is 9.47 Å². The Morgan fingerprint density at radius 2 is 1.93 bits per heavy atom. The SMILES string of the molecule is Cc1ccc2c(cnn2COCC[Si](C)(C)C)c1CN1Cc2nc(OC[C@@H]3CCCN3C)nc(N3CCC[C@@H](CC#N)C3)c2C1. The summed E-state index contributed by atoms with van der Waals surface area (Å²) in [6.45, 7) is 16.5. The zero-order valence-electron chi connectivity index (χ0n) is 27.9. The van der Waals surface area contributed by atoms with Gasteiger partial charge in [0, 0.05) is 70.8 Å². The van der Waals surface area contributed by atoms with Crippen molar-refractivity contribution in [1.29, 1.82) is 5.26 Å². The fourth-order valence-corrected chi connectivity index (χ4v) is 7.77. The minimum atomic E-state index is -1.13. The second-order valence-corrected chi connectivity index (χ2v) is 20.2. The number of likely N-dealkylation sites (N-methyl/N-ethyl adjacent to an activating group) is 1. The van der Waals surface area contributed by atoms with Crippen molar-refractivity contribution in [3.8, 4) is 12.1 Å². The number of hydrogen-bond donors (Lipinski definition) is 0. The number of anilines is 1. The van der Waals surface area contributed by atoms with Crippen LogP contribution in [0.3, 0.4) is 0 Å². The number of likely N-dealkylation sites (tertiary alicyclic amines) is 1. The molecule has 10 nitrogen and oxygen atoms in total. The summed E-state index contributed by atoms with van der Waals surface area (Å²) in [5.41, 5.74) is 5.95. The van der Waals surface area contributed by atoms with Gasteiger partial charge in [0.15, 0.2) is 0 Å². The van der Waals surface area contributed by atoms with E-state index in [9.17, 15) is 5.26 Å². The highest BCUT2D eigenvalue weighted by Crippen LogP contribution is 2.35. The molecule has 0 aliphatic carbocycles. The van der Waals surface area contributed by atoms with Gasteiger partial charge in [0.05, 0.1) is 23.5 Å². The minimum absolute atomic E-state index is 0.375. The van der Waals surface area contributed by atoms with E-state index >= 15 is 0 Å². The van der Waals surface area contributed by atoms with Crippen LogP contribution in [-0.4, -0.2) is 83.6 Å². The van der Waals surface area contributed by atoms with Gasteiger partial charge >= 0.3 is 6.01 Å². The quantitative estimate of drug-likeness (QED) is 0.188. The summed E-state index contributed by atoms with van der Waals surface area (Å²) in [4.78, 5) is 17.3. The first-order valence-electron chi connectivity index (χ1n) is 16.8. The predicted molar refractivity (Wildman–Crippen MR) is 180 cm³/mol. The predicted octanol–water partition coefficient (Wildman–Crippen LogP) is 5.57. The molecule has 11 heteroatoms. The number of aryl methyl sites for hydroxylation is 1. The topological polar surface area (TPSA) is 95.6 Å². The van der Waals surface area contributed by atoms with E-state index < -0.39 is 8.07 Å². The first-order valence-corrected chi connectivity index (χ1v) is 20.5. The Morgan fingerprint density at radius 1 is 1.09 bits per heavy atom. The third-order valence-corrected chi connectivity index (χ3v) is 11.5. The molecule has 242 valence electrons. The first-order chi connectivity index (χ1) is 21.7. The van der Waals surface area contributed by atoms with Crippen molar-refractivity contribution in [1.82, 2.24) is 29.5 Å². The van der Waals surface area contributed by atoms with Gasteiger partial charge in [-0.2, -0.15) is 20.3 Å². The van der Waals surface area contributed by atoms with Gasteiger partial charge in [-0.3, -0.25) is 4.90 Å². The van der Waals surface area contributed by atoms with Gasteiger partial charge < -0.3 is 19.3 Å². The molecule has 45 heavy (non-hydrogen) atoms. The maximum absolute atomic E-state index is 9.39. The van der Waals surface area contributed by atoms with Crippen molar-refractivity contribution in [2.24, 2.45) is 5.92 Å². The summed E-state index contributed by atoms with van der Waals surface area (Å²) in [6.07, 6.45) is 7.12. The highest BCUT2D eigenvalue weighted by molar-refractivity contribution is 6.76. The van der Waals surface area contributed by atoms with Gasteiger partial charge in [0.2, 0.25) is 0 Å². The number of fused-ring (bicyclic) bond motifs is 2. The van der Waals surface area contributed by atoms with Crippen LogP contribution in [0.25, 0.3) is 10.9 Å². The Balaban J connectivity index is 1.21. The molecule has 2 saturated heterocycles. The van der Waals surface area contributed by atoms with E-state index in [1.54, 1.807) is 0 Å². The number of rotatable bonds is 12. The third kappa shape index (κ3) is 7.51. The smallest absolute Gasteiger partial charge is 0.318 e. The number of nitrogens with zero attached hydrogens (tertiary/aromatic N) is 8. The molecule has 0 radical (unpaired) electrons. The molecule has 2 fully saturated rings. The fraction of sp³-hybridized carbons (Fsp3) is 0.647. The normalized spacial score (nSPS) is 21.0. The average molecular weight is 631 g/mol. The summed E-state index contributed by atoms with van der Waals surface area (Å²) < 4.78 is 14.3. The van der Waals surface area contributed by atoms with E-state index in [1.165, 1.54) is 28.5 Å². The third-order valence-electron chi connectivity index (χ3n) is 9.84. The number of aromatic nitrogens is 4. The van der Waals surface area contributed by atoms with Gasteiger partial charge in [-0.1, -0.05) is 25.7 Å². The molecule has 3 aliphatic rings. The summed E-state index contributed by atoms with van der Waals surface area (Å²) in [5.74, 6) is 1.37. The Kier molecular flexibility index (Phi) is 9.75. The molecule has 0 spiro atoms. The average Bonchev–Trinajstić information content (AvgIpc) is 3.73. The Morgan fingerprint density at radius 3 is 2.71 bits per heavy atom. The number of benzene rings is 1. The van der Waals surface area contributed by atoms with Crippen LogP contribution in [0.1, 0.15) is 54.5 Å². The van der Waals surface area contributed by atoms with Gasteiger partial charge in [0.25, 0.3) is 0 Å². The zero-order chi connectivity index (χ0) is 31.6. The molecule has 5 heterocycles. The van der Waals surface area contributed by atoms with E-state index in [0.717, 1.165) is 88.2 Å². The van der Waals surface area contributed by atoms with Crippen LogP contribution < -0.4 is 9.64 Å². The summed E-state index contributed by atoms with van der Waals surface area (Å²) >= 11 is 0. The van der Waals surface area contributed by atoms with E-state index in [-0.39, 0.29) is 0 Å². The summed E-state index contributed by atoms with van der Waals surface area (Å²) in [5, 5.41) is 15.3. The van der Waals surface area contributed by atoms with Gasteiger partial charge in [-0.15, -0.1) is 0 Å². The summed E-state index contributed by atoms with van der Waals surface area (Å²) in [6, 6.07) is 8.82. The van der Waals surface area contributed by atoms with Gasteiger partial charge in [0.1, 0.15) is 19.2 Å². The lowest BCUT2D eigenvalue weighted by molar-refractivity contribution is 0.0817. The first kappa shape index (κ1) is 31.9. The van der Waals surface area contributed by atoms with Crippen molar-refractivity contribution in [3.05, 3.63) is 40.7 Å². The molecule has 0 N–H and O–H groups in total. The van der Waals surface area contributed by atoms with Crippen molar-refractivity contribution in [2.75, 3.05) is 44.8 Å². The molecule has 6 rings (SSSR count). The lowest BCUT2D eigenvalue weighted by atomic mass is 9.95. The second kappa shape index (κ2) is 13.8. The second-order valence-electron chi connectivity index (χ2n) is 14.6. The highest BCUT2D eigenvalue weighted by atomic mass is 28.3. The fourth-order valence-electron chi connectivity index (χ4n) is 7.02. The van der Waals surface area contributed by atoms with E-state index in [0.29, 0.717) is 37.7 Å². The number of nitriles is 1. The molecule has 2 aromatic heterocycles. The molecule has 0 saturated carbocycles. The maximum atomic E-state index is 9.39. The molecule has 0 amide bonds. The van der Waals surface area contributed by atoms with Crippen LogP contribution in [0.2, 0.25) is 25.7 Å². The molecule has 3 aliphatic heterocycles. The van der Waals surface area contributed by atoms with Crippen LogP contribution in [-0.2, 0) is 31.1 Å². The number of piperidine rings is 1. The van der Waals surface area contributed by atoms with Crippen LogP contribution >= 0.6 is 0 Å². The van der Waals surface area contributed by atoms with Crippen LogP contribution in [0.15, 0.2) is 18.3 Å². The molecular weight excluding hydrogens is 581 g/mol. The zero-order valence-corrected chi connectivity index (χ0v) is 28.9. The summed E-state index contributed by atoms with van der Waals surface area (Å²) in [7, 11) is 1.04.